The maximum Gasteiger partial charge on any atom is 0.282 e. The molecule has 230 valence electrons. The second-order valence-electron chi connectivity index (χ2n) is 10.6. The molecule has 5 aromatic rings. The maximum atomic E-state index is 13.8. The molecule has 45 heavy (non-hydrogen) atoms. The molecule has 10 nitrogen and oxygen atoms in total. The summed E-state index contributed by atoms with van der Waals surface area (Å²) in [7, 11) is 3.19. The van der Waals surface area contributed by atoms with Crippen LogP contribution in [0.2, 0.25) is 0 Å². The number of nitro groups is 1. The smallest absolute Gasteiger partial charge is 0.282 e. The summed E-state index contributed by atoms with van der Waals surface area (Å²) in [5.41, 5.74) is 4.43. The zero-order chi connectivity index (χ0) is 32.2. The van der Waals surface area contributed by atoms with E-state index in [-0.39, 0.29) is 23.8 Å². The second-order valence-corrected chi connectivity index (χ2v) is 11.8. The van der Waals surface area contributed by atoms with Gasteiger partial charge in [0.1, 0.15) is 12.4 Å². The SMILES string of the molecule is COc1cc(C)c(-c2nc3ccccc3c(=O)n2N=Cc2cc(I)c(OCc3ccc([N+](=O)[O-])cc3)c(OC)c2)cc1C(C)C. The Morgan fingerprint density at radius 2 is 1.73 bits per heavy atom. The van der Waals surface area contributed by atoms with Crippen LogP contribution in [-0.4, -0.2) is 35.0 Å². The summed E-state index contributed by atoms with van der Waals surface area (Å²) >= 11 is 2.15. The van der Waals surface area contributed by atoms with Crippen LogP contribution in [0.5, 0.6) is 17.2 Å². The zero-order valence-corrected chi connectivity index (χ0v) is 27.6. The number of fused-ring (bicyclic) bond motifs is 1. The van der Waals surface area contributed by atoms with Gasteiger partial charge in [-0.05, 0) is 106 Å². The molecule has 0 fully saturated rings. The summed E-state index contributed by atoms with van der Waals surface area (Å²) in [6, 6.07) is 21.0. The van der Waals surface area contributed by atoms with Crippen LogP contribution in [0.25, 0.3) is 22.3 Å². The van der Waals surface area contributed by atoms with Gasteiger partial charge in [-0.25, -0.2) is 4.98 Å². The minimum absolute atomic E-state index is 0.0148. The highest BCUT2D eigenvalue weighted by Crippen LogP contribution is 2.36. The number of non-ortho nitro benzene ring substituents is 1. The number of benzene rings is 4. The molecule has 0 N–H and O–H groups in total. The van der Waals surface area contributed by atoms with Crippen LogP contribution in [0.15, 0.2) is 82.7 Å². The van der Waals surface area contributed by atoms with Crippen molar-refractivity contribution in [2.75, 3.05) is 14.2 Å². The number of nitrogens with zero attached hydrogens (tertiary/aromatic N) is 4. The van der Waals surface area contributed by atoms with E-state index in [1.54, 1.807) is 50.8 Å². The van der Waals surface area contributed by atoms with Gasteiger partial charge in [0.05, 0.1) is 39.8 Å². The Bertz CT molecular complexity index is 1990. The van der Waals surface area contributed by atoms with Gasteiger partial charge in [0.2, 0.25) is 0 Å². The monoisotopic (exact) mass is 718 g/mol. The van der Waals surface area contributed by atoms with Crippen molar-refractivity contribution < 1.29 is 19.1 Å². The van der Waals surface area contributed by atoms with Crippen molar-refractivity contribution in [3.63, 3.8) is 0 Å². The Hall–Kier alpha value is -4.78. The van der Waals surface area contributed by atoms with Crippen LogP contribution < -0.4 is 19.8 Å². The number of aromatic nitrogens is 2. The average molecular weight is 719 g/mol. The number of aryl methyl sites for hydroxylation is 1. The molecule has 0 atom stereocenters. The molecule has 0 radical (unpaired) electrons. The van der Waals surface area contributed by atoms with Crippen molar-refractivity contribution in [1.29, 1.82) is 0 Å². The van der Waals surface area contributed by atoms with Crippen LogP contribution >= 0.6 is 22.6 Å². The van der Waals surface area contributed by atoms with E-state index in [4.69, 9.17) is 19.2 Å². The van der Waals surface area contributed by atoms with Gasteiger partial charge in [-0.2, -0.15) is 9.78 Å². The number of hydrogen-bond acceptors (Lipinski definition) is 8. The zero-order valence-electron chi connectivity index (χ0n) is 25.4. The van der Waals surface area contributed by atoms with Gasteiger partial charge in [-0.1, -0.05) is 26.0 Å². The van der Waals surface area contributed by atoms with Crippen LogP contribution in [0, 0.1) is 20.6 Å². The largest absolute Gasteiger partial charge is 0.496 e. The van der Waals surface area contributed by atoms with Gasteiger partial charge >= 0.3 is 0 Å². The highest BCUT2D eigenvalue weighted by Gasteiger charge is 2.19. The van der Waals surface area contributed by atoms with E-state index in [0.29, 0.717) is 33.8 Å². The molecule has 0 aliphatic rings. The van der Waals surface area contributed by atoms with Crippen molar-refractivity contribution in [3.8, 4) is 28.6 Å². The number of hydrogen-bond donors (Lipinski definition) is 0. The molecule has 1 aromatic heterocycles. The van der Waals surface area contributed by atoms with Gasteiger partial charge in [-0.15, -0.1) is 0 Å². The Morgan fingerprint density at radius 1 is 1.02 bits per heavy atom. The number of halogens is 1. The molecule has 0 saturated carbocycles. The van der Waals surface area contributed by atoms with Crippen molar-refractivity contribution in [1.82, 2.24) is 9.66 Å². The van der Waals surface area contributed by atoms with Gasteiger partial charge in [-0.3, -0.25) is 14.9 Å². The third kappa shape index (κ3) is 6.68. The third-order valence-corrected chi connectivity index (χ3v) is 8.10. The maximum absolute atomic E-state index is 13.8. The molecule has 0 spiro atoms. The molecule has 0 aliphatic heterocycles. The fourth-order valence-corrected chi connectivity index (χ4v) is 5.70. The number of nitro benzene ring substituents is 1. The predicted octanol–water partition coefficient (Wildman–Crippen LogP) is 7.49. The first-order chi connectivity index (χ1) is 21.6. The fraction of sp³-hybridized carbons (Fsp3) is 0.206. The normalized spacial score (nSPS) is 11.4. The Kier molecular flexibility index (Phi) is 9.47. The van der Waals surface area contributed by atoms with Crippen LogP contribution in [0.3, 0.4) is 0 Å². The van der Waals surface area contributed by atoms with Crippen molar-refractivity contribution in [2.45, 2.75) is 33.3 Å². The van der Waals surface area contributed by atoms with Gasteiger partial charge in [0.25, 0.3) is 11.2 Å². The number of methoxy groups -OCH3 is 2. The average Bonchev–Trinajstić information content (AvgIpc) is 3.03. The molecule has 0 bridgehead atoms. The van der Waals surface area contributed by atoms with E-state index in [0.717, 1.165) is 31.6 Å². The van der Waals surface area contributed by atoms with E-state index < -0.39 is 4.92 Å². The molecule has 0 unspecified atom stereocenters. The van der Waals surface area contributed by atoms with E-state index in [1.165, 1.54) is 16.8 Å². The molecule has 0 aliphatic carbocycles. The van der Waals surface area contributed by atoms with Crippen LogP contribution in [-0.2, 0) is 6.61 Å². The molecular formula is C34H31IN4O6. The van der Waals surface area contributed by atoms with Gasteiger partial charge in [0, 0.05) is 17.7 Å². The topological polar surface area (TPSA) is 118 Å². The number of rotatable bonds is 10. The minimum atomic E-state index is -0.441. The van der Waals surface area contributed by atoms with Crippen molar-refractivity contribution in [3.05, 3.63) is 119 Å². The highest BCUT2D eigenvalue weighted by molar-refractivity contribution is 14.1. The minimum Gasteiger partial charge on any atom is -0.496 e. The number of ether oxygens (including phenoxy) is 3. The van der Waals surface area contributed by atoms with E-state index in [1.807, 2.05) is 37.3 Å². The Morgan fingerprint density at radius 3 is 2.40 bits per heavy atom. The molecule has 1 heterocycles. The first-order valence-electron chi connectivity index (χ1n) is 14.1. The van der Waals surface area contributed by atoms with Gasteiger partial charge < -0.3 is 14.2 Å². The highest BCUT2D eigenvalue weighted by atomic mass is 127. The first kappa shape index (κ1) is 31.6. The van der Waals surface area contributed by atoms with Gasteiger partial charge in [0.15, 0.2) is 17.3 Å². The molecular weight excluding hydrogens is 687 g/mol. The Labute approximate surface area is 273 Å². The lowest BCUT2D eigenvalue weighted by Gasteiger charge is -2.17. The predicted molar refractivity (Wildman–Crippen MR) is 183 cm³/mol. The summed E-state index contributed by atoms with van der Waals surface area (Å²) in [6.07, 6.45) is 1.59. The lowest BCUT2D eigenvalue weighted by atomic mass is 9.96. The van der Waals surface area contributed by atoms with E-state index in [9.17, 15) is 14.9 Å². The van der Waals surface area contributed by atoms with E-state index >= 15 is 0 Å². The molecule has 11 heteroatoms. The van der Waals surface area contributed by atoms with E-state index in [2.05, 4.69) is 41.5 Å². The number of para-hydroxylation sites is 1. The second kappa shape index (κ2) is 13.5. The summed E-state index contributed by atoms with van der Waals surface area (Å²) in [5.74, 6) is 2.37. The Balaban J connectivity index is 1.55. The summed E-state index contributed by atoms with van der Waals surface area (Å²) in [4.78, 5) is 29.2. The van der Waals surface area contributed by atoms with Crippen molar-refractivity contribution in [2.24, 2.45) is 5.10 Å². The first-order valence-corrected chi connectivity index (χ1v) is 15.2. The van der Waals surface area contributed by atoms with Crippen molar-refractivity contribution >= 4 is 45.4 Å². The lowest BCUT2D eigenvalue weighted by Crippen LogP contribution is -2.21. The summed E-state index contributed by atoms with van der Waals surface area (Å²) in [5, 5.41) is 16.1. The fourth-order valence-electron chi connectivity index (χ4n) is 4.92. The summed E-state index contributed by atoms with van der Waals surface area (Å²) < 4.78 is 19.4. The molecule has 0 amide bonds. The molecule has 0 saturated heterocycles. The lowest BCUT2D eigenvalue weighted by molar-refractivity contribution is -0.384. The third-order valence-electron chi connectivity index (χ3n) is 7.30. The quantitative estimate of drug-likeness (QED) is 0.0636. The van der Waals surface area contributed by atoms with Crippen LogP contribution in [0.4, 0.5) is 5.69 Å². The summed E-state index contributed by atoms with van der Waals surface area (Å²) in [6.45, 7) is 6.33. The molecule has 5 rings (SSSR count). The standard InChI is InChI=1S/C34H31IN4O6/c1-20(2)26-17-27(21(3)14-30(26)43-4)33-37-29-9-7-6-8-25(29)34(40)38(33)36-18-23-15-28(35)32(31(16-23)44-5)45-19-22-10-12-24(13-11-22)39(41)42/h6-18,20H,19H2,1-5H3. The molecule has 4 aromatic carbocycles. The van der Waals surface area contributed by atoms with Crippen LogP contribution in [0.1, 0.15) is 42.0 Å².